The van der Waals surface area contributed by atoms with Gasteiger partial charge in [-0.25, -0.2) is 10.0 Å². The average Bonchev–Trinajstić information content (AvgIpc) is 3.89. The molecule has 2 aliphatic heterocycles. The molecule has 15 heteroatoms. The molecule has 0 N–H and O–H groups in total. The molecule has 0 spiro atoms. The molecule has 0 amide bonds. The topological polar surface area (TPSA) is 102 Å². The van der Waals surface area contributed by atoms with Crippen LogP contribution in [0.4, 0.5) is 16.4 Å². The minimum atomic E-state index is -0.463. The van der Waals surface area contributed by atoms with Crippen molar-refractivity contribution in [3.63, 3.8) is 0 Å². The summed E-state index contributed by atoms with van der Waals surface area (Å²) in [5.41, 5.74) is 5.01. The highest BCUT2D eigenvalue weighted by Gasteiger charge is 2.40. The van der Waals surface area contributed by atoms with E-state index in [4.69, 9.17) is 37.7 Å². The van der Waals surface area contributed by atoms with Crippen LogP contribution in [-0.4, -0.2) is 85.0 Å². The summed E-state index contributed by atoms with van der Waals surface area (Å²) >= 11 is 7.41. The van der Waals surface area contributed by atoms with Crippen LogP contribution in [0.25, 0.3) is 22.2 Å². The van der Waals surface area contributed by atoms with Crippen molar-refractivity contribution in [2.75, 3.05) is 63.1 Å². The largest absolute Gasteiger partial charge is 0.493 e. The van der Waals surface area contributed by atoms with Crippen molar-refractivity contribution in [1.29, 1.82) is 0 Å². The summed E-state index contributed by atoms with van der Waals surface area (Å²) in [5.74, 6) is 1.46. The summed E-state index contributed by atoms with van der Waals surface area (Å²) < 4.78 is 53.0. The molecule has 0 radical (unpaired) electrons. The first-order chi connectivity index (χ1) is 29.3. The van der Waals surface area contributed by atoms with E-state index < -0.39 is 5.82 Å². The third kappa shape index (κ3) is 9.04. The second kappa shape index (κ2) is 19.0. The van der Waals surface area contributed by atoms with E-state index in [1.807, 2.05) is 63.2 Å². The number of piperidine rings is 2. The lowest BCUT2D eigenvalue weighted by Crippen LogP contribution is -2.59. The maximum absolute atomic E-state index is 15.1. The van der Waals surface area contributed by atoms with E-state index in [1.165, 1.54) is 5.56 Å². The highest BCUT2D eigenvalue weighted by Crippen LogP contribution is 2.39. The van der Waals surface area contributed by atoms with E-state index in [2.05, 4.69) is 63.8 Å². The van der Waals surface area contributed by atoms with Crippen LogP contribution in [0.3, 0.4) is 0 Å². The summed E-state index contributed by atoms with van der Waals surface area (Å²) in [7, 11) is 1.67. The number of ether oxygens (including phenoxy) is 4. The van der Waals surface area contributed by atoms with E-state index in [0.717, 1.165) is 95.4 Å². The highest BCUT2D eigenvalue weighted by molar-refractivity contribution is 9.11. The van der Waals surface area contributed by atoms with Crippen LogP contribution in [0.5, 0.6) is 23.0 Å². The van der Waals surface area contributed by atoms with Gasteiger partial charge in [0.2, 0.25) is 5.82 Å². The number of fused-ring (bicyclic) bond motifs is 2. The van der Waals surface area contributed by atoms with E-state index in [1.54, 1.807) is 19.2 Å². The molecular formula is C45H51Br2FN6O6. The minimum Gasteiger partial charge on any atom is -0.493 e. The molecular weight excluding hydrogens is 899 g/mol. The lowest BCUT2D eigenvalue weighted by molar-refractivity contribution is 0.178. The van der Waals surface area contributed by atoms with Crippen molar-refractivity contribution in [2.45, 2.75) is 71.6 Å². The number of benzene rings is 4. The molecule has 4 heterocycles. The number of aromatic nitrogens is 2. The van der Waals surface area contributed by atoms with E-state index in [0.29, 0.717) is 49.6 Å². The zero-order valence-electron chi connectivity index (χ0n) is 34.5. The van der Waals surface area contributed by atoms with Gasteiger partial charge in [-0.3, -0.25) is 9.80 Å². The van der Waals surface area contributed by atoms with Gasteiger partial charge in [0.15, 0.2) is 34.2 Å². The van der Waals surface area contributed by atoms with Gasteiger partial charge in [-0.1, -0.05) is 18.2 Å². The van der Waals surface area contributed by atoms with Crippen molar-refractivity contribution in [3.8, 4) is 23.0 Å². The number of hydrazine groups is 1. The molecule has 318 valence electrons. The van der Waals surface area contributed by atoms with Crippen LogP contribution < -0.4 is 29.0 Å². The van der Waals surface area contributed by atoms with Crippen LogP contribution in [0.2, 0.25) is 0 Å². The summed E-state index contributed by atoms with van der Waals surface area (Å²) in [6, 6.07) is 22.6. The van der Waals surface area contributed by atoms with Gasteiger partial charge in [-0.05, 0) is 138 Å². The molecule has 2 fully saturated rings. The van der Waals surface area contributed by atoms with Gasteiger partial charge in [-0.2, -0.15) is 14.4 Å². The zero-order valence-corrected chi connectivity index (χ0v) is 37.6. The Balaban J connectivity index is 1.10. The number of likely N-dealkylation sites (tertiary alicyclic amines) is 2. The molecule has 0 saturated carbocycles. The molecule has 8 rings (SSSR count). The smallest absolute Gasteiger partial charge is 0.318 e. The number of halogens is 3. The first-order valence-corrected chi connectivity index (χ1v) is 22.4. The first kappa shape index (κ1) is 42.1. The number of para-hydroxylation sites is 2. The third-order valence-corrected chi connectivity index (χ3v) is 12.4. The maximum atomic E-state index is 15.1. The Hall–Kier alpha value is -4.57. The maximum Gasteiger partial charge on any atom is 0.318 e. The third-order valence-electron chi connectivity index (χ3n) is 11.1. The molecule has 60 heavy (non-hydrogen) atoms. The highest BCUT2D eigenvalue weighted by atomic mass is 79.9. The van der Waals surface area contributed by atoms with Crippen LogP contribution in [0.15, 0.2) is 84.5 Å². The molecule has 0 unspecified atom stereocenters. The Morgan fingerprint density at radius 2 is 1.08 bits per heavy atom. The molecule has 0 aliphatic carbocycles. The van der Waals surface area contributed by atoms with Crippen molar-refractivity contribution in [3.05, 3.63) is 92.6 Å². The molecule has 2 saturated heterocycles. The number of rotatable bonds is 16. The number of anilines is 2. The average molecular weight is 951 g/mol. The summed E-state index contributed by atoms with van der Waals surface area (Å²) in [5, 5.41) is 4.45. The van der Waals surface area contributed by atoms with E-state index in [9.17, 15) is 0 Å². The Kier molecular flexibility index (Phi) is 13.3. The summed E-state index contributed by atoms with van der Waals surface area (Å²) in [4.78, 5) is 15.1. The van der Waals surface area contributed by atoms with Crippen molar-refractivity contribution in [1.82, 2.24) is 19.8 Å². The fourth-order valence-corrected chi connectivity index (χ4v) is 9.21. The van der Waals surface area contributed by atoms with Gasteiger partial charge in [-0.15, -0.1) is 0 Å². The quantitative estimate of drug-likeness (QED) is 0.0864. The normalized spacial score (nSPS) is 15.8. The second-order valence-electron chi connectivity index (χ2n) is 15.1. The summed E-state index contributed by atoms with van der Waals surface area (Å²) in [6.45, 7) is 11.7. The predicted molar refractivity (Wildman–Crippen MR) is 238 cm³/mol. The van der Waals surface area contributed by atoms with Gasteiger partial charge in [0.1, 0.15) is 11.0 Å². The number of oxazole rings is 2. The van der Waals surface area contributed by atoms with Gasteiger partial charge in [0.05, 0.1) is 48.0 Å². The van der Waals surface area contributed by atoms with E-state index >= 15 is 4.39 Å². The SMILES string of the molecule is CCOc1cc(CN2CCC(N(c3nc4cccc(Br)c4o3)N(c3nc4cccc(Br)c4o3)C3CCN(Cc4cc(OCC)c(F)c(OCC)c4)CC3)CC2)ccc1OC. The number of methoxy groups -OCH3 is 1. The minimum absolute atomic E-state index is 0.00737. The lowest BCUT2D eigenvalue weighted by Gasteiger charge is -2.47. The fourth-order valence-electron chi connectivity index (χ4n) is 8.34. The first-order valence-electron chi connectivity index (χ1n) is 20.8. The van der Waals surface area contributed by atoms with Gasteiger partial charge in [0.25, 0.3) is 0 Å². The van der Waals surface area contributed by atoms with Crippen molar-refractivity contribution < 1.29 is 32.2 Å². The van der Waals surface area contributed by atoms with Gasteiger partial charge >= 0.3 is 12.0 Å². The Labute approximate surface area is 366 Å². The molecule has 12 nitrogen and oxygen atoms in total. The van der Waals surface area contributed by atoms with Crippen molar-refractivity contribution in [2.24, 2.45) is 0 Å². The Morgan fingerprint density at radius 1 is 0.633 bits per heavy atom. The van der Waals surface area contributed by atoms with Crippen LogP contribution in [-0.2, 0) is 13.1 Å². The molecule has 0 bridgehead atoms. The van der Waals surface area contributed by atoms with Gasteiger partial charge in [0, 0.05) is 39.3 Å². The predicted octanol–water partition coefficient (Wildman–Crippen LogP) is 10.4. The molecule has 6 aromatic rings. The fraction of sp³-hybridized carbons (Fsp3) is 0.422. The molecule has 0 atom stereocenters. The lowest BCUT2D eigenvalue weighted by atomic mass is 10.0. The number of nitrogens with zero attached hydrogens (tertiary/aromatic N) is 6. The van der Waals surface area contributed by atoms with Crippen LogP contribution in [0.1, 0.15) is 57.6 Å². The van der Waals surface area contributed by atoms with Crippen molar-refractivity contribution >= 4 is 66.1 Å². The Bertz CT molecular complexity index is 2370. The number of hydrogen-bond donors (Lipinski definition) is 0. The standard InChI is InChI=1S/C45H51Br2FN6O6/c1-5-56-38-24-29(14-15-37(38)55-4)27-51-20-16-31(17-21-51)53(44-49-35-12-8-10-33(46)42(35)59-44)54(45-50-36-13-9-11-34(47)43(36)60-45)32-18-22-52(23-19-32)28-30-25-39(57-6-2)41(48)40(26-30)58-7-3/h8-15,24-26,31-32H,5-7,16-23,27-28H2,1-4H3. The van der Waals surface area contributed by atoms with E-state index in [-0.39, 0.29) is 23.6 Å². The van der Waals surface area contributed by atoms with Crippen LogP contribution >= 0.6 is 31.9 Å². The molecule has 2 aromatic heterocycles. The molecule has 2 aliphatic rings. The second-order valence-corrected chi connectivity index (χ2v) is 16.8. The monoisotopic (exact) mass is 948 g/mol. The van der Waals surface area contributed by atoms with Crippen LogP contribution in [0, 0.1) is 5.82 Å². The zero-order chi connectivity index (χ0) is 41.8. The number of hydrogen-bond acceptors (Lipinski definition) is 12. The summed E-state index contributed by atoms with van der Waals surface area (Å²) in [6.07, 6.45) is 3.30. The Morgan fingerprint density at radius 3 is 1.53 bits per heavy atom. The van der Waals surface area contributed by atoms with Gasteiger partial charge < -0.3 is 27.8 Å². The molecule has 4 aromatic carbocycles.